The molecule has 0 saturated carbocycles. The zero-order chi connectivity index (χ0) is 22.4. The minimum Gasteiger partial charge on any atom is -0.490 e. The van der Waals surface area contributed by atoms with Gasteiger partial charge in [-0.15, -0.1) is 0 Å². The number of hydrazine groups is 1. The predicted molar refractivity (Wildman–Crippen MR) is 115 cm³/mol. The monoisotopic (exact) mass is 425 g/mol. The lowest BCUT2D eigenvalue weighted by molar-refractivity contribution is -0.133. The normalized spacial score (nSPS) is 18.0. The Hall–Kier alpha value is -3.55. The molecular weight excluding hydrogens is 398 g/mol. The molecule has 1 saturated heterocycles. The van der Waals surface area contributed by atoms with Crippen molar-refractivity contribution in [2.24, 2.45) is 0 Å². The topological polar surface area (TPSA) is 97.0 Å². The number of nitrogens with zero attached hydrogens (tertiary/aromatic N) is 1. The van der Waals surface area contributed by atoms with Crippen LogP contribution in [0, 0.1) is 0 Å². The summed E-state index contributed by atoms with van der Waals surface area (Å²) in [5.41, 5.74) is 2.09. The van der Waals surface area contributed by atoms with E-state index in [1.54, 1.807) is 43.3 Å². The van der Waals surface area contributed by atoms with Crippen LogP contribution >= 0.6 is 0 Å². The number of urea groups is 1. The highest BCUT2D eigenvalue weighted by Crippen LogP contribution is 2.32. The molecule has 31 heavy (non-hydrogen) atoms. The maximum Gasteiger partial charge on any atom is 0.344 e. The molecule has 3 rings (SSSR count). The smallest absolute Gasteiger partial charge is 0.344 e. The first-order valence-electron chi connectivity index (χ1n) is 10.4. The summed E-state index contributed by atoms with van der Waals surface area (Å²) in [6, 6.07) is 13.0. The Labute approximate surface area is 181 Å². The van der Waals surface area contributed by atoms with E-state index in [1.807, 2.05) is 19.9 Å². The Bertz CT molecular complexity index is 963. The van der Waals surface area contributed by atoms with Crippen LogP contribution in [0.3, 0.4) is 0 Å². The second-order valence-electron chi connectivity index (χ2n) is 7.08. The van der Waals surface area contributed by atoms with E-state index in [0.29, 0.717) is 36.7 Å². The number of nitrogens with one attached hydrogen (secondary N) is 2. The second kappa shape index (κ2) is 9.51. The largest absolute Gasteiger partial charge is 0.490 e. The van der Waals surface area contributed by atoms with Crippen molar-refractivity contribution in [1.82, 2.24) is 15.8 Å². The first-order chi connectivity index (χ1) is 15.0. The van der Waals surface area contributed by atoms with Crippen molar-refractivity contribution >= 4 is 17.8 Å². The third-order valence-electron chi connectivity index (χ3n) is 5.07. The number of rotatable bonds is 9. The molecule has 1 aliphatic rings. The number of hydrogen-bond donors (Lipinski definition) is 2. The number of amides is 4. The van der Waals surface area contributed by atoms with Crippen LogP contribution in [0.2, 0.25) is 0 Å². The van der Waals surface area contributed by atoms with Gasteiger partial charge in [0, 0.05) is 5.56 Å². The lowest BCUT2D eigenvalue weighted by atomic mass is 9.87. The fourth-order valence-electron chi connectivity index (χ4n) is 3.45. The van der Waals surface area contributed by atoms with E-state index in [0.717, 1.165) is 11.4 Å². The standard InChI is InChI=1S/C23H27N3O5/c1-4-14-31-18-13-12-16(15-19(18)30-6-3)20(27)25-26-21(28)23(5-2,24-22(26)29)17-10-8-7-9-11-17/h7-13,15H,4-6,14H2,1-3H3,(H,24,29)(H,25,27)/t23-/m0/s1. The molecule has 1 fully saturated rings. The fraction of sp³-hybridized carbons (Fsp3) is 0.348. The Balaban J connectivity index is 1.82. The number of benzene rings is 2. The molecule has 8 heteroatoms. The fourth-order valence-corrected chi connectivity index (χ4v) is 3.45. The van der Waals surface area contributed by atoms with Crippen molar-refractivity contribution in [3.63, 3.8) is 0 Å². The van der Waals surface area contributed by atoms with Crippen LogP contribution in [0.25, 0.3) is 0 Å². The minimum absolute atomic E-state index is 0.238. The van der Waals surface area contributed by atoms with Gasteiger partial charge in [-0.3, -0.25) is 15.0 Å². The number of ether oxygens (including phenoxy) is 2. The predicted octanol–water partition coefficient (Wildman–Crippen LogP) is 3.38. The lowest BCUT2D eigenvalue weighted by Gasteiger charge is -2.25. The minimum atomic E-state index is -1.22. The number of carbonyl (C=O) groups is 3. The molecule has 0 unspecified atom stereocenters. The van der Waals surface area contributed by atoms with Crippen LogP contribution < -0.4 is 20.2 Å². The molecule has 0 radical (unpaired) electrons. The molecule has 4 amide bonds. The molecule has 0 spiro atoms. The molecule has 164 valence electrons. The van der Waals surface area contributed by atoms with Crippen LogP contribution in [-0.4, -0.2) is 36.1 Å². The van der Waals surface area contributed by atoms with Crippen LogP contribution in [-0.2, 0) is 10.3 Å². The van der Waals surface area contributed by atoms with E-state index >= 15 is 0 Å². The Morgan fingerprint density at radius 3 is 2.42 bits per heavy atom. The summed E-state index contributed by atoms with van der Waals surface area (Å²) in [6.45, 7) is 6.55. The van der Waals surface area contributed by atoms with Gasteiger partial charge in [-0.2, -0.15) is 5.01 Å². The van der Waals surface area contributed by atoms with Crippen molar-refractivity contribution in [3.05, 3.63) is 59.7 Å². The molecule has 1 aliphatic heterocycles. The van der Waals surface area contributed by atoms with Gasteiger partial charge in [0.25, 0.3) is 11.8 Å². The average Bonchev–Trinajstić information content (AvgIpc) is 3.04. The van der Waals surface area contributed by atoms with Gasteiger partial charge in [0.05, 0.1) is 13.2 Å². The number of hydrogen-bond acceptors (Lipinski definition) is 5. The summed E-state index contributed by atoms with van der Waals surface area (Å²) in [7, 11) is 0. The van der Waals surface area contributed by atoms with Gasteiger partial charge < -0.3 is 14.8 Å². The van der Waals surface area contributed by atoms with E-state index in [2.05, 4.69) is 10.7 Å². The first-order valence-corrected chi connectivity index (χ1v) is 10.4. The highest BCUT2D eigenvalue weighted by atomic mass is 16.5. The van der Waals surface area contributed by atoms with E-state index in [9.17, 15) is 14.4 Å². The van der Waals surface area contributed by atoms with E-state index < -0.39 is 23.4 Å². The summed E-state index contributed by atoms with van der Waals surface area (Å²) in [5, 5.41) is 3.47. The van der Waals surface area contributed by atoms with Crippen LogP contribution in [0.5, 0.6) is 11.5 Å². The molecule has 8 nitrogen and oxygen atoms in total. The Morgan fingerprint density at radius 1 is 1.03 bits per heavy atom. The van der Waals surface area contributed by atoms with Crippen molar-refractivity contribution in [3.8, 4) is 11.5 Å². The molecule has 2 N–H and O–H groups in total. The summed E-state index contributed by atoms with van der Waals surface area (Å²) < 4.78 is 11.2. The maximum absolute atomic E-state index is 13.2. The third-order valence-corrected chi connectivity index (χ3v) is 5.07. The maximum atomic E-state index is 13.2. The van der Waals surface area contributed by atoms with Gasteiger partial charge in [0.15, 0.2) is 11.5 Å². The van der Waals surface area contributed by atoms with E-state index in [-0.39, 0.29) is 5.56 Å². The van der Waals surface area contributed by atoms with Gasteiger partial charge in [-0.05, 0) is 43.5 Å². The van der Waals surface area contributed by atoms with Crippen LogP contribution in [0.4, 0.5) is 4.79 Å². The summed E-state index contributed by atoms with van der Waals surface area (Å²) in [6.07, 6.45) is 1.17. The highest BCUT2D eigenvalue weighted by Gasteiger charge is 2.52. The molecule has 2 aromatic rings. The zero-order valence-corrected chi connectivity index (χ0v) is 17.9. The second-order valence-corrected chi connectivity index (χ2v) is 7.08. The van der Waals surface area contributed by atoms with Gasteiger partial charge in [0.1, 0.15) is 5.54 Å². The molecule has 0 aromatic heterocycles. The Morgan fingerprint density at radius 2 is 1.77 bits per heavy atom. The molecule has 2 aromatic carbocycles. The van der Waals surface area contributed by atoms with Crippen LogP contribution in [0.1, 0.15) is 49.5 Å². The Kier molecular flexibility index (Phi) is 6.79. The number of carbonyl (C=O) groups excluding carboxylic acids is 3. The van der Waals surface area contributed by atoms with Gasteiger partial charge in [-0.25, -0.2) is 4.79 Å². The highest BCUT2D eigenvalue weighted by molar-refractivity contribution is 6.09. The van der Waals surface area contributed by atoms with Crippen molar-refractivity contribution in [2.45, 2.75) is 39.2 Å². The van der Waals surface area contributed by atoms with Gasteiger partial charge in [0.2, 0.25) is 0 Å². The summed E-state index contributed by atoms with van der Waals surface area (Å²) >= 11 is 0. The van der Waals surface area contributed by atoms with Crippen molar-refractivity contribution in [1.29, 1.82) is 0 Å². The molecule has 1 atom stereocenters. The number of imide groups is 1. The van der Waals surface area contributed by atoms with Gasteiger partial charge in [-0.1, -0.05) is 44.2 Å². The van der Waals surface area contributed by atoms with E-state index in [4.69, 9.17) is 9.47 Å². The van der Waals surface area contributed by atoms with Crippen molar-refractivity contribution in [2.75, 3.05) is 13.2 Å². The van der Waals surface area contributed by atoms with Gasteiger partial charge >= 0.3 is 6.03 Å². The SMILES string of the molecule is CCCOc1ccc(C(=O)NN2C(=O)N[C@@](CC)(c3ccccc3)C2=O)cc1OCC. The van der Waals surface area contributed by atoms with Crippen molar-refractivity contribution < 1.29 is 23.9 Å². The van der Waals surface area contributed by atoms with E-state index in [1.165, 1.54) is 6.07 Å². The first kappa shape index (κ1) is 22.1. The molecule has 0 aliphatic carbocycles. The summed E-state index contributed by atoms with van der Waals surface area (Å²) in [5.74, 6) is -0.184. The zero-order valence-electron chi connectivity index (χ0n) is 17.9. The quantitative estimate of drug-likeness (QED) is 0.601. The molecular formula is C23H27N3O5. The van der Waals surface area contributed by atoms with Crippen LogP contribution in [0.15, 0.2) is 48.5 Å². The molecule has 1 heterocycles. The lowest BCUT2D eigenvalue weighted by Crippen LogP contribution is -2.48. The average molecular weight is 425 g/mol. The summed E-state index contributed by atoms with van der Waals surface area (Å²) in [4.78, 5) is 38.6. The molecule has 0 bridgehead atoms. The third kappa shape index (κ3) is 4.33.